The molecule has 0 saturated heterocycles. The van der Waals surface area contributed by atoms with Crippen molar-refractivity contribution < 1.29 is 4.39 Å². The van der Waals surface area contributed by atoms with Gasteiger partial charge in [0.05, 0.1) is 0 Å². The van der Waals surface area contributed by atoms with Gasteiger partial charge in [0.2, 0.25) is 0 Å². The number of halogens is 2. The summed E-state index contributed by atoms with van der Waals surface area (Å²) in [6.45, 7) is 3.91. The highest BCUT2D eigenvalue weighted by Crippen LogP contribution is 2.07. The van der Waals surface area contributed by atoms with Crippen molar-refractivity contribution in [1.82, 2.24) is 4.90 Å². The summed E-state index contributed by atoms with van der Waals surface area (Å²) < 4.78 is 12.7. The van der Waals surface area contributed by atoms with Crippen LogP contribution in [0.3, 0.4) is 0 Å². The van der Waals surface area contributed by atoms with Crippen molar-refractivity contribution in [1.29, 1.82) is 0 Å². The first-order chi connectivity index (χ1) is 7.11. The van der Waals surface area contributed by atoms with Gasteiger partial charge >= 0.3 is 0 Å². The van der Waals surface area contributed by atoms with Gasteiger partial charge in [0.1, 0.15) is 5.82 Å². The molecular formula is C12H17ClFN. The molecule has 0 amide bonds. The number of benzene rings is 1. The van der Waals surface area contributed by atoms with Gasteiger partial charge < -0.3 is 4.90 Å². The Morgan fingerprint density at radius 3 is 2.47 bits per heavy atom. The van der Waals surface area contributed by atoms with Crippen LogP contribution in [0.1, 0.15) is 12.5 Å². The minimum atomic E-state index is -0.185. The molecule has 84 valence electrons. The third-order valence-corrected chi connectivity index (χ3v) is 2.78. The van der Waals surface area contributed by atoms with E-state index in [-0.39, 0.29) is 5.82 Å². The maximum Gasteiger partial charge on any atom is 0.123 e. The second-order valence-corrected chi connectivity index (χ2v) is 4.39. The first kappa shape index (κ1) is 12.5. The molecule has 0 aliphatic carbocycles. The Bertz CT molecular complexity index is 286. The van der Waals surface area contributed by atoms with E-state index in [1.165, 1.54) is 12.1 Å². The largest absolute Gasteiger partial charge is 0.302 e. The smallest absolute Gasteiger partial charge is 0.123 e. The molecule has 0 bridgehead atoms. The van der Waals surface area contributed by atoms with Crippen molar-refractivity contribution in [3.05, 3.63) is 35.6 Å². The zero-order valence-corrected chi connectivity index (χ0v) is 9.97. The van der Waals surface area contributed by atoms with E-state index in [2.05, 4.69) is 11.8 Å². The van der Waals surface area contributed by atoms with E-state index in [4.69, 9.17) is 11.6 Å². The first-order valence-electron chi connectivity index (χ1n) is 5.10. The van der Waals surface area contributed by atoms with E-state index in [1.807, 2.05) is 19.2 Å². The van der Waals surface area contributed by atoms with Crippen molar-refractivity contribution in [2.75, 3.05) is 19.5 Å². The average Bonchev–Trinajstić information content (AvgIpc) is 2.21. The second-order valence-electron chi connectivity index (χ2n) is 4.08. The molecule has 0 radical (unpaired) electrons. The van der Waals surface area contributed by atoms with Crippen LogP contribution in [-0.4, -0.2) is 24.4 Å². The van der Waals surface area contributed by atoms with E-state index in [0.29, 0.717) is 11.8 Å². The van der Waals surface area contributed by atoms with Crippen molar-refractivity contribution in [2.45, 2.75) is 13.5 Å². The highest BCUT2D eigenvalue weighted by Gasteiger charge is 2.05. The van der Waals surface area contributed by atoms with E-state index >= 15 is 0 Å². The number of nitrogens with zero attached hydrogens (tertiary/aromatic N) is 1. The van der Waals surface area contributed by atoms with E-state index < -0.39 is 0 Å². The monoisotopic (exact) mass is 229 g/mol. The summed E-state index contributed by atoms with van der Waals surface area (Å²) in [5.74, 6) is 0.973. The van der Waals surface area contributed by atoms with Gasteiger partial charge in [-0.1, -0.05) is 19.1 Å². The first-order valence-corrected chi connectivity index (χ1v) is 5.64. The van der Waals surface area contributed by atoms with Crippen molar-refractivity contribution >= 4 is 11.6 Å². The fraction of sp³-hybridized carbons (Fsp3) is 0.500. The molecule has 0 aliphatic heterocycles. The summed E-state index contributed by atoms with van der Waals surface area (Å²) in [5.41, 5.74) is 1.13. The summed E-state index contributed by atoms with van der Waals surface area (Å²) in [4.78, 5) is 2.19. The van der Waals surface area contributed by atoms with Crippen LogP contribution in [0.4, 0.5) is 4.39 Å². The predicted octanol–water partition coefficient (Wildman–Crippen LogP) is 3.13. The van der Waals surface area contributed by atoms with E-state index in [1.54, 1.807) is 0 Å². The van der Waals surface area contributed by atoms with Gasteiger partial charge in [-0.05, 0) is 30.7 Å². The Morgan fingerprint density at radius 1 is 1.33 bits per heavy atom. The topological polar surface area (TPSA) is 3.24 Å². The lowest BCUT2D eigenvalue weighted by Crippen LogP contribution is -2.24. The Kier molecular flexibility index (Phi) is 5.06. The van der Waals surface area contributed by atoms with Crippen LogP contribution in [0.25, 0.3) is 0 Å². The minimum Gasteiger partial charge on any atom is -0.302 e. The molecule has 1 aromatic rings. The highest BCUT2D eigenvalue weighted by atomic mass is 35.5. The molecule has 1 atom stereocenters. The van der Waals surface area contributed by atoms with Crippen LogP contribution in [-0.2, 0) is 6.54 Å². The Labute approximate surface area is 95.8 Å². The zero-order valence-electron chi connectivity index (χ0n) is 9.21. The lowest BCUT2D eigenvalue weighted by molar-refractivity contribution is 0.290. The summed E-state index contributed by atoms with van der Waals surface area (Å²) in [5, 5.41) is 0. The van der Waals surface area contributed by atoms with Gasteiger partial charge in [-0.15, -0.1) is 11.6 Å². The zero-order chi connectivity index (χ0) is 11.3. The highest BCUT2D eigenvalue weighted by molar-refractivity contribution is 6.18. The van der Waals surface area contributed by atoms with Gasteiger partial charge in [-0.3, -0.25) is 0 Å². The molecule has 0 spiro atoms. The maximum absolute atomic E-state index is 12.7. The van der Waals surface area contributed by atoms with Crippen molar-refractivity contribution in [3.63, 3.8) is 0 Å². The molecule has 3 heteroatoms. The summed E-state index contributed by atoms with van der Waals surface area (Å²) in [6.07, 6.45) is 0. The molecule has 15 heavy (non-hydrogen) atoms. The van der Waals surface area contributed by atoms with Crippen LogP contribution in [0.2, 0.25) is 0 Å². The summed E-state index contributed by atoms with van der Waals surface area (Å²) in [7, 11) is 2.05. The molecule has 1 unspecified atom stereocenters. The predicted molar refractivity (Wildman–Crippen MR) is 62.6 cm³/mol. The summed E-state index contributed by atoms with van der Waals surface area (Å²) >= 11 is 5.74. The fourth-order valence-corrected chi connectivity index (χ4v) is 1.64. The van der Waals surface area contributed by atoms with Gasteiger partial charge in [0.15, 0.2) is 0 Å². The molecule has 0 aliphatic rings. The summed E-state index contributed by atoms with van der Waals surface area (Å²) in [6, 6.07) is 6.62. The number of hydrogen-bond donors (Lipinski definition) is 0. The third kappa shape index (κ3) is 4.63. The molecule has 0 saturated carbocycles. The molecular weight excluding hydrogens is 213 g/mol. The normalized spacial score (nSPS) is 13.1. The standard InChI is InChI=1S/C12H17ClFN/c1-10(7-13)8-15(2)9-11-3-5-12(14)6-4-11/h3-6,10H,7-9H2,1-2H3. The third-order valence-electron chi connectivity index (χ3n) is 2.25. The van der Waals surface area contributed by atoms with E-state index in [0.717, 1.165) is 18.7 Å². The van der Waals surface area contributed by atoms with Gasteiger partial charge in [-0.2, -0.15) is 0 Å². The van der Waals surface area contributed by atoms with Crippen LogP contribution in [0.5, 0.6) is 0 Å². The molecule has 1 rings (SSSR count). The Morgan fingerprint density at radius 2 is 1.93 bits per heavy atom. The van der Waals surface area contributed by atoms with E-state index in [9.17, 15) is 4.39 Å². The van der Waals surface area contributed by atoms with Crippen LogP contribution >= 0.6 is 11.6 Å². The van der Waals surface area contributed by atoms with Crippen molar-refractivity contribution in [3.8, 4) is 0 Å². The van der Waals surface area contributed by atoms with Crippen LogP contribution in [0.15, 0.2) is 24.3 Å². The maximum atomic E-state index is 12.7. The quantitative estimate of drug-likeness (QED) is 0.702. The lowest BCUT2D eigenvalue weighted by Gasteiger charge is -2.19. The number of rotatable bonds is 5. The molecule has 0 heterocycles. The minimum absolute atomic E-state index is 0.185. The molecule has 1 nitrogen and oxygen atoms in total. The molecule has 0 aromatic heterocycles. The van der Waals surface area contributed by atoms with Crippen LogP contribution in [0, 0.1) is 11.7 Å². The Hall–Kier alpha value is -0.600. The van der Waals surface area contributed by atoms with Gasteiger partial charge in [-0.25, -0.2) is 4.39 Å². The Balaban J connectivity index is 2.44. The van der Waals surface area contributed by atoms with Gasteiger partial charge in [0.25, 0.3) is 0 Å². The molecule has 1 aromatic carbocycles. The van der Waals surface area contributed by atoms with Crippen LogP contribution < -0.4 is 0 Å². The molecule has 0 N–H and O–H groups in total. The average molecular weight is 230 g/mol. The molecule has 0 fully saturated rings. The SMILES string of the molecule is CC(CCl)CN(C)Cc1ccc(F)cc1. The number of alkyl halides is 1. The van der Waals surface area contributed by atoms with Crippen molar-refractivity contribution in [2.24, 2.45) is 5.92 Å². The number of hydrogen-bond acceptors (Lipinski definition) is 1. The fourth-order valence-electron chi connectivity index (χ4n) is 1.55. The lowest BCUT2D eigenvalue weighted by atomic mass is 10.1. The van der Waals surface area contributed by atoms with Gasteiger partial charge in [0, 0.05) is 19.0 Å². The second kappa shape index (κ2) is 6.09.